The Morgan fingerprint density at radius 1 is 0.183 bits per heavy atom. The Balaban J connectivity index is 0.000000152. The van der Waals surface area contributed by atoms with Crippen molar-refractivity contribution in [3.05, 3.63) is 394 Å². The molecular formula is C100H64N4. The Bertz CT molecular complexity index is 6380. The maximum atomic E-state index is 9.48. The van der Waals surface area contributed by atoms with E-state index in [0.29, 0.717) is 5.56 Å². The molecule has 0 aliphatic heterocycles. The van der Waals surface area contributed by atoms with Crippen molar-refractivity contribution >= 4 is 65.2 Å². The second kappa shape index (κ2) is 27.3. The van der Waals surface area contributed by atoms with Crippen LogP contribution in [0.25, 0.3) is 188 Å². The Hall–Kier alpha value is -14.0. The average molecular weight is 1320 g/mol. The molecule has 0 amide bonds. The number of pyridine rings is 3. The molecule has 0 fully saturated rings. The van der Waals surface area contributed by atoms with Crippen LogP contribution >= 0.6 is 0 Å². The SMILES string of the molecule is N#Cc1ccc(-c2cc(-c3ccc(-c4ccccc4)cc3)nc3c2cc(-c2ccc(-c4ccccc4)cc2)c2ccccc23)cc1.c1ccc(-c2ccc(-c3cc(-c4ccc(-c5c6ccccc6nc6ccccc56)cc4)c4cc(-c5ccc(-c6ccccc6)cc5)c5ccccc5c4n3)cc2)cc1. The van der Waals surface area contributed by atoms with Crippen LogP contribution in [0.5, 0.6) is 0 Å². The summed E-state index contributed by atoms with van der Waals surface area (Å²) in [5.41, 5.74) is 29.6. The molecule has 484 valence electrons. The molecule has 4 nitrogen and oxygen atoms in total. The molecule has 0 atom stereocenters. The minimum Gasteiger partial charge on any atom is -0.248 e. The molecule has 3 heterocycles. The summed E-state index contributed by atoms with van der Waals surface area (Å²) < 4.78 is 0. The van der Waals surface area contributed by atoms with Crippen LogP contribution in [-0.4, -0.2) is 15.0 Å². The van der Waals surface area contributed by atoms with E-state index in [1.807, 2.05) is 36.4 Å². The summed E-state index contributed by atoms with van der Waals surface area (Å²) in [5, 5.41) is 18.6. The van der Waals surface area contributed by atoms with Gasteiger partial charge in [-0.1, -0.05) is 340 Å². The molecule has 0 spiro atoms. The number of hydrogen-bond acceptors (Lipinski definition) is 4. The van der Waals surface area contributed by atoms with Gasteiger partial charge in [0.2, 0.25) is 0 Å². The maximum absolute atomic E-state index is 9.48. The second-order valence-corrected chi connectivity index (χ2v) is 26.4. The van der Waals surface area contributed by atoms with E-state index in [2.05, 4.69) is 358 Å². The zero-order chi connectivity index (χ0) is 69.3. The normalized spacial score (nSPS) is 11.3. The number of fused-ring (bicyclic) bond motifs is 8. The molecule has 0 aliphatic rings. The standard InChI is InChI=1S/C56H36N2.C44H28N2/c1-3-13-37(14-4-1)39-23-27-41(28-24-39)49-35-51-50(42-29-33-44(34-30-42)55-47-19-9-11-21-52(47)57-53-22-12-10-20-48(53)55)36-54(58-56(51)46-18-8-7-17-45(46)49)43-31-25-40(26-32-43)38-15-5-2-6-16-38;45-29-30-15-17-35(18-16-30)41-28-43(37-25-21-34(22-26-37)32-11-5-2-6-12-32)46-44-39-14-8-7-13-38(39)40(27-42(41)44)36-23-19-33(20-24-36)31-9-3-1-4-10-31/h1-36H;1-28H. The van der Waals surface area contributed by atoms with Gasteiger partial charge in [0.05, 0.1) is 45.1 Å². The molecule has 0 radical (unpaired) electrons. The maximum Gasteiger partial charge on any atom is 0.0991 e. The largest absolute Gasteiger partial charge is 0.248 e. The van der Waals surface area contributed by atoms with Crippen molar-refractivity contribution in [1.82, 2.24) is 15.0 Å². The van der Waals surface area contributed by atoms with E-state index in [1.165, 1.54) is 77.7 Å². The van der Waals surface area contributed by atoms with Gasteiger partial charge in [0.15, 0.2) is 0 Å². The minimum absolute atomic E-state index is 0.642. The van der Waals surface area contributed by atoms with E-state index in [-0.39, 0.29) is 0 Å². The van der Waals surface area contributed by atoms with E-state index in [4.69, 9.17) is 15.0 Å². The van der Waals surface area contributed by atoms with Crippen molar-refractivity contribution < 1.29 is 0 Å². The summed E-state index contributed by atoms with van der Waals surface area (Å²) in [6, 6.07) is 140. The van der Waals surface area contributed by atoms with E-state index in [9.17, 15) is 5.26 Å². The molecular weight excluding hydrogens is 1260 g/mol. The van der Waals surface area contributed by atoms with Crippen LogP contribution in [0.15, 0.2) is 388 Å². The molecule has 0 bridgehead atoms. The van der Waals surface area contributed by atoms with E-state index >= 15 is 0 Å². The molecule has 19 aromatic rings. The van der Waals surface area contributed by atoms with Crippen LogP contribution in [0, 0.1) is 11.3 Å². The first kappa shape index (κ1) is 62.3. The van der Waals surface area contributed by atoms with Crippen LogP contribution in [0.3, 0.4) is 0 Å². The molecule has 16 aromatic carbocycles. The van der Waals surface area contributed by atoms with Gasteiger partial charge in [0.1, 0.15) is 0 Å². The summed E-state index contributed by atoms with van der Waals surface area (Å²) in [6.45, 7) is 0. The molecule has 104 heavy (non-hydrogen) atoms. The number of nitriles is 1. The molecule has 0 unspecified atom stereocenters. The number of hydrogen-bond donors (Lipinski definition) is 0. The monoisotopic (exact) mass is 1320 g/mol. The molecule has 0 aliphatic carbocycles. The van der Waals surface area contributed by atoms with Crippen molar-refractivity contribution in [3.63, 3.8) is 0 Å². The Morgan fingerprint density at radius 3 is 0.769 bits per heavy atom. The lowest BCUT2D eigenvalue weighted by atomic mass is 9.89. The van der Waals surface area contributed by atoms with E-state index in [1.54, 1.807) is 0 Å². The Labute approximate surface area is 604 Å². The van der Waals surface area contributed by atoms with Crippen molar-refractivity contribution in [3.8, 4) is 129 Å². The lowest BCUT2D eigenvalue weighted by Gasteiger charge is -2.17. The third-order valence-corrected chi connectivity index (χ3v) is 20.2. The number of nitrogens with zero attached hydrogens (tertiary/aromatic N) is 4. The van der Waals surface area contributed by atoms with Crippen LogP contribution < -0.4 is 0 Å². The fraction of sp³-hybridized carbons (Fsp3) is 0. The summed E-state index contributed by atoms with van der Waals surface area (Å²) in [6.07, 6.45) is 0. The zero-order valence-corrected chi connectivity index (χ0v) is 56.7. The van der Waals surface area contributed by atoms with Gasteiger partial charge in [-0.2, -0.15) is 5.26 Å². The van der Waals surface area contributed by atoms with Gasteiger partial charge in [-0.05, 0) is 154 Å². The summed E-state index contributed by atoms with van der Waals surface area (Å²) in [7, 11) is 0. The third-order valence-electron chi connectivity index (χ3n) is 20.2. The number of aromatic nitrogens is 3. The summed E-state index contributed by atoms with van der Waals surface area (Å²) in [4.78, 5) is 15.8. The van der Waals surface area contributed by atoms with Crippen LogP contribution in [0.2, 0.25) is 0 Å². The van der Waals surface area contributed by atoms with Crippen molar-refractivity contribution in [2.24, 2.45) is 0 Å². The molecule has 19 rings (SSSR count). The zero-order valence-electron chi connectivity index (χ0n) is 56.7. The molecule has 0 saturated heterocycles. The van der Waals surface area contributed by atoms with Gasteiger partial charge in [0, 0.05) is 49.0 Å². The number of rotatable bonds is 11. The fourth-order valence-corrected chi connectivity index (χ4v) is 14.9. The van der Waals surface area contributed by atoms with E-state index < -0.39 is 0 Å². The Kier molecular flexibility index (Phi) is 16.3. The first-order chi connectivity index (χ1) is 51.5. The lowest BCUT2D eigenvalue weighted by molar-refractivity contribution is 1.41. The molecule has 0 N–H and O–H groups in total. The predicted octanol–water partition coefficient (Wildman–Crippen LogP) is 26.7. The topological polar surface area (TPSA) is 62.5 Å². The van der Waals surface area contributed by atoms with Crippen LogP contribution in [-0.2, 0) is 0 Å². The van der Waals surface area contributed by atoms with Gasteiger partial charge in [-0.3, -0.25) is 0 Å². The predicted molar refractivity (Wildman–Crippen MR) is 436 cm³/mol. The van der Waals surface area contributed by atoms with Crippen molar-refractivity contribution in [2.45, 2.75) is 0 Å². The van der Waals surface area contributed by atoms with Crippen LogP contribution in [0.4, 0.5) is 0 Å². The van der Waals surface area contributed by atoms with Crippen LogP contribution in [0.1, 0.15) is 5.56 Å². The highest BCUT2D eigenvalue weighted by atomic mass is 14.7. The molecule has 4 heteroatoms. The molecule has 0 saturated carbocycles. The second-order valence-electron chi connectivity index (χ2n) is 26.4. The van der Waals surface area contributed by atoms with Gasteiger partial charge < -0.3 is 0 Å². The van der Waals surface area contributed by atoms with Gasteiger partial charge in [-0.25, -0.2) is 15.0 Å². The quantitative estimate of drug-likeness (QED) is 0.0956. The van der Waals surface area contributed by atoms with E-state index in [0.717, 1.165) is 110 Å². The first-order valence-electron chi connectivity index (χ1n) is 35.3. The number of benzene rings is 16. The summed E-state index contributed by atoms with van der Waals surface area (Å²) in [5.74, 6) is 0. The Morgan fingerprint density at radius 2 is 0.433 bits per heavy atom. The van der Waals surface area contributed by atoms with Crippen molar-refractivity contribution in [1.29, 1.82) is 5.26 Å². The highest BCUT2D eigenvalue weighted by molar-refractivity contribution is 6.18. The summed E-state index contributed by atoms with van der Waals surface area (Å²) >= 11 is 0. The van der Waals surface area contributed by atoms with Gasteiger partial charge in [-0.15, -0.1) is 0 Å². The van der Waals surface area contributed by atoms with Crippen molar-refractivity contribution in [2.75, 3.05) is 0 Å². The van der Waals surface area contributed by atoms with Gasteiger partial charge in [0.25, 0.3) is 0 Å². The third kappa shape index (κ3) is 12.0. The number of para-hydroxylation sites is 2. The highest BCUT2D eigenvalue weighted by Crippen LogP contribution is 2.45. The highest BCUT2D eigenvalue weighted by Gasteiger charge is 2.20. The molecule has 3 aromatic heterocycles. The minimum atomic E-state index is 0.642. The lowest BCUT2D eigenvalue weighted by Crippen LogP contribution is -1.94. The average Bonchev–Trinajstić information content (AvgIpc) is 0.745. The smallest absolute Gasteiger partial charge is 0.0991 e. The first-order valence-corrected chi connectivity index (χ1v) is 35.3. The fourth-order valence-electron chi connectivity index (χ4n) is 14.9. The van der Waals surface area contributed by atoms with Gasteiger partial charge >= 0.3 is 0 Å².